The molecule has 0 fully saturated rings. The molecule has 172 valence electrons. The number of azo groups is 1. The molecule has 0 aromatic heterocycles. The fraction of sp³-hybridized carbons (Fsp3) is 0.286. The zero-order chi connectivity index (χ0) is 24.5. The molecule has 0 aliphatic carbocycles. The van der Waals surface area contributed by atoms with Crippen LogP contribution in [0.5, 0.6) is 0 Å². The Kier molecular flexibility index (Phi) is 8.53. The Balaban J connectivity index is 2.49. The number of nitro benzene ring substituents is 1. The van der Waals surface area contributed by atoms with E-state index in [1.54, 1.807) is 18.2 Å². The number of carbonyl (C=O) groups excluding carboxylic acids is 1. The molecule has 0 spiro atoms. The molecule has 1 unspecified atom stereocenters. The molecule has 0 aliphatic heterocycles. The van der Waals surface area contributed by atoms with E-state index in [0.29, 0.717) is 17.9 Å². The van der Waals surface area contributed by atoms with Crippen molar-refractivity contribution in [1.29, 1.82) is 5.26 Å². The number of amides is 1. The van der Waals surface area contributed by atoms with Crippen LogP contribution in [-0.4, -0.2) is 41.8 Å². The third-order valence-corrected chi connectivity index (χ3v) is 4.55. The minimum atomic E-state index is -1.40. The minimum absolute atomic E-state index is 0.0883. The van der Waals surface area contributed by atoms with Crippen LogP contribution >= 0.6 is 0 Å². The van der Waals surface area contributed by atoms with Crippen LogP contribution in [0.15, 0.2) is 46.6 Å². The zero-order valence-corrected chi connectivity index (χ0v) is 18.2. The Hall–Kier alpha value is -4.37. The van der Waals surface area contributed by atoms with Gasteiger partial charge in [-0.1, -0.05) is 0 Å². The van der Waals surface area contributed by atoms with Crippen molar-refractivity contribution in [3.63, 3.8) is 0 Å². The maximum absolute atomic E-state index is 11.7. The van der Waals surface area contributed by atoms with Crippen molar-refractivity contribution >= 4 is 40.3 Å². The molecule has 0 saturated carbocycles. The van der Waals surface area contributed by atoms with Crippen molar-refractivity contribution in [2.45, 2.75) is 26.5 Å². The molecule has 0 bridgehead atoms. The molecule has 0 heterocycles. The summed E-state index contributed by atoms with van der Waals surface area (Å²) in [6, 6.07) is 10.2. The number of non-ortho nitro benzene ring substituents is 1. The monoisotopic (exact) mass is 454 g/mol. The first kappa shape index (κ1) is 24.9. The van der Waals surface area contributed by atoms with E-state index in [1.165, 1.54) is 20.1 Å². The van der Waals surface area contributed by atoms with Crippen LogP contribution < -0.4 is 10.2 Å². The SMILES string of the molecule is COC(C)N(CCC#N)c1ccc(N=Nc2ccc([N+](=O)[O-])cc2C(=O)O)c(NC(C)=O)c1. The number of carbonyl (C=O) groups is 2. The number of nitro groups is 1. The van der Waals surface area contributed by atoms with E-state index in [4.69, 9.17) is 10.00 Å². The maximum atomic E-state index is 11.7. The molecule has 33 heavy (non-hydrogen) atoms. The molecule has 1 atom stereocenters. The first-order valence-corrected chi connectivity index (χ1v) is 9.69. The van der Waals surface area contributed by atoms with Gasteiger partial charge in [-0.3, -0.25) is 14.9 Å². The van der Waals surface area contributed by atoms with E-state index >= 15 is 0 Å². The van der Waals surface area contributed by atoms with Crippen LogP contribution in [0, 0.1) is 21.4 Å². The Morgan fingerprint density at radius 3 is 2.52 bits per heavy atom. The summed E-state index contributed by atoms with van der Waals surface area (Å²) >= 11 is 0. The van der Waals surface area contributed by atoms with Crippen molar-refractivity contribution in [2.24, 2.45) is 10.2 Å². The van der Waals surface area contributed by atoms with E-state index < -0.39 is 10.9 Å². The van der Waals surface area contributed by atoms with Gasteiger partial charge in [0.05, 0.1) is 28.7 Å². The highest BCUT2D eigenvalue weighted by Crippen LogP contribution is 2.33. The van der Waals surface area contributed by atoms with Gasteiger partial charge in [0.1, 0.15) is 17.6 Å². The first-order chi connectivity index (χ1) is 15.7. The molecular weight excluding hydrogens is 432 g/mol. The summed E-state index contributed by atoms with van der Waals surface area (Å²) in [4.78, 5) is 35.3. The molecule has 2 aromatic carbocycles. The number of ether oxygens (including phenoxy) is 1. The molecule has 2 N–H and O–H groups in total. The molecule has 0 aliphatic rings. The smallest absolute Gasteiger partial charge is 0.338 e. The third-order valence-electron chi connectivity index (χ3n) is 4.55. The lowest BCUT2D eigenvalue weighted by atomic mass is 10.1. The number of carboxylic acids is 1. The first-order valence-electron chi connectivity index (χ1n) is 9.69. The van der Waals surface area contributed by atoms with E-state index in [2.05, 4.69) is 21.6 Å². The summed E-state index contributed by atoms with van der Waals surface area (Å²) in [5.74, 6) is -1.76. The number of hydrogen-bond donors (Lipinski definition) is 2. The molecule has 0 saturated heterocycles. The van der Waals surface area contributed by atoms with Crippen LogP contribution in [0.25, 0.3) is 0 Å². The maximum Gasteiger partial charge on any atom is 0.338 e. The Morgan fingerprint density at radius 1 is 1.27 bits per heavy atom. The van der Waals surface area contributed by atoms with Gasteiger partial charge in [0.25, 0.3) is 5.69 Å². The van der Waals surface area contributed by atoms with Gasteiger partial charge < -0.3 is 20.1 Å². The second-order valence-electron chi connectivity index (χ2n) is 6.78. The summed E-state index contributed by atoms with van der Waals surface area (Å²) in [6.07, 6.45) is -0.0998. The Morgan fingerprint density at radius 2 is 1.94 bits per heavy atom. The number of nitrogens with zero attached hydrogens (tertiary/aromatic N) is 5. The number of nitriles is 1. The van der Waals surface area contributed by atoms with Gasteiger partial charge in [0.15, 0.2) is 0 Å². The number of anilines is 2. The molecule has 12 nitrogen and oxygen atoms in total. The molecule has 2 aromatic rings. The summed E-state index contributed by atoms with van der Waals surface area (Å²) < 4.78 is 5.37. The van der Waals surface area contributed by atoms with Crippen LogP contribution in [0.2, 0.25) is 0 Å². The minimum Gasteiger partial charge on any atom is -0.478 e. The van der Waals surface area contributed by atoms with Gasteiger partial charge in [0.2, 0.25) is 5.91 Å². The van der Waals surface area contributed by atoms with Crippen molar-refractivity contribution in [3.05, 3.63) is 52.1 Å². The lowest BCUT2D eigenvalue weighted by molar-refractivity contribution is -0.384. The van der Waals surface area contributed by atoms with Crippen molar-refractivity contribution in [1.82, 2.24) is 0 Å². The van der Waals surface area contributed by atoms with Crippen LogP contribution in [0.1, 0.15) is 30.6 Å². The standard InChI is InChI=1S/C21H22N6O6/c1-13(28)23-20-12-15(26(10-4-9-22)14(2)33-3)5-8-19(20)25-24-18-7-6-16(27(31)32)11-17(18)21(29)30/h5-8,11-12,14H,4,10H2,1-3H3,(H,23,28)(H,29,30). The largest absolute Gasteiger partial charge is 0.478 e. The molecule has 0 radical (unpaired) electrons. The van der Waals surface area contributed by atoms with Gasteiger partial charge in [-0.2, -0.15) is 5.26 Å². The van der Waals surface area contributed by atoms with Gasteiger partial charge in [0, 0.05) is 38.4 Å². The topological polar surface area (TPSA) is 171 Å². The lowest BCUT2D eigenvalue weighted by Crippen LogP contribution is -2.35. The molecule has 12 heteroatoms. The highest BCUT2D eigenvalue weighted by molar-refractivity contribution is 5.94. The van der Waals surface area contributed by atoms with Gasteiger partial charge in [-0.05, 0) is 31.2 Å². The number of benzene rings is 2. The van der Waals surface area contributed by atoms with Gasteiger partial charge in [-0.25, -0.2) is 4.79 Å². The summed E-state index contributed by atoms with van der Waals surface area (Å²) in [7, 11) is 1.53. The number of carboxylic acid groups (broad SMARTS) is 1. The molecule has 2 rings (SSSR count). The van der Waals surface area contributed by atoms with E-state index in [1.807, 2.05) is 11.8 Å². The van der Waals surface area contributed by atoms with Crippen LogP contribution in [0.3, 0.4) is 0 Å². The van der Waals surface area contributed by atoms with E-state index in [9.17, 15) is 24.8 Å². The van der Waals surface area contributed by atoms with Crippen molar-refractivity contribution in [2.75, 3.05) is 23.9 Å². The van der Waals surface area contributed by atoms with Crippen molar-refractivity contribution in [3.8, 4) is 6.07 Å². The quantitative estimate of drug-likeness (QED) is 0.230. The summed E-state index contributed by atoms with van der Waals surface area (Å²) in [5.41, 5.74) is 0.321. The van der Waals surface area contributed by atoms with Gasteiger partial charge in [-0.15, -0.1) is 10.2 Å². The number of hydrogen-bond acceptors (Lipinski definition) is 9. The van der Waals surface area contributed by atoms with Gasteiger partial charge >= 0.3 is 5.97 Å². The fourth-order valence-corrected chi connectivity index (χ4v) is 2.90. The second kappa shape index (κ2) is 11.3. The highest BCUT2D eigenvalue weighted by Gasteiger charge is 2.18. The Bertz CT molecular complexity index is 1130. The average Bonchev–Trinajstić information content (AvgIpc) is 2.77. The predicted molar refractivity (Wildman–Crippen MR) is 119 cm³/mol. The number of rotatable bonds is 10. The third kappa shape index (κ3) is 6.55. The van der Waals surface area contributed by atoms with E-state index in [0.717, 1.165) is 12.1 Å². The highest BCUT2D eigenvalue weighted by atomic mass is 16.6. The number of nitrogens with one attached hydrogen (secondary N) is 1. The zero-order valence-electron chi connectivity index (χ0n) is 18.2. The second-order valence-corrected chi connectivity index (χ2v) is 6.78. The summed E-state index contributed by atoms with van der Waals surface area (Å²) in [6.45, 7) is 3.51. The average molecular weight is 454 g/mol. The predicted octanol–water partition coefficient (Wildman–Crippen LogP) is 4.38. The Labute approximate surface area is 189 Å². The van der Waals surface area contributed by atoms with E-state index in [-0.39, 0.29) is 41.2 Å². The van der Waals surface area contributed by atoms with Crippen LogP contribution in [0.4, 0.5) is 28.4 Å². The molecular formula is C21H22N6O6. The number of aromatic carboxylic acids is 1. The van der Waals surface area contributed by atoms with Crippen molar-refractivity contribution < 1.29 is 24.4 Å². The normalized spacial score (nSPS) is 11.6. The molecule has 1 amide bonds. The number of methoxy groups -OCH3 is 1. The fourth-order valence-electron chi connectivity index (χ4n) is 2.90. The lowest BCUT2D eigenvalue weighted by Gasteiger charge is -2.30. The van der Waals surface area contributed by atoms with Crippen LogP contribution in [-0.2, 0) is 9.53 Å². The summed E-state index contributed by atoms with van der Waals surface area (Å²) in [5, 5.41) is 39.9.